The molecule has 1 atom stereocenters. The molecule has 0 spiro atoms. The van der Waals surface area contributed by atoms with Gasteiger partial charge in [-0.05, 0) is 0 Å². The molecule has 1 heterocycles. The maximum absolute atomic E-state index is 3.26. The third kappa shape index (κ3) is 20.9. The van der Waals surface area contributed by atoms with Crippen molar-refractivity contribution in [3.63, 3.8) is 0 Å². The van der Waals surface area contributed by atoms with Crippen LogP contribution < -0.4 is 24.8 Å². The van der Waals surface area contributed by atoms with Crippen LogP contribution >= 0.6 is 8.19 Å². The van der Waals surface area contributed by atoms with E-state index in [1.54, 1.807) is 0 Å². The Morgan fingerprint density at radius 1 is 1.10 bits per heavy atom. The van der Waals surface area contributed by atoms with Crippen LogP contribution in [0.2, 0.25) is 13.6 Å². The van der Waals surface area contributed by atoms with Gasteiger partial charge in [0.15, 0.2) is 0 Å². The summed E-state index contributed by atoms with van der Waals surface area (Å²) in [6, 6.07) is 3.96. The van der Waals surface area contributed by atoms with E-state index in [1.807, 2.05) is 12.1 Å². The molecular weight excluding hydrogens is 341 g/mol. The molecule has 1 unspecified atom stereocenters. The van der Waals surface area contributed by atoms with Crippen molar-refractivity contribution < 1.29 is 46.5 Å². The molecule has 0 aromatic carbocycles. The molecule has 0 amide bonds. The summed E-state index contributed by atoms with van der Waals surface area (Å²) in [4.78, 5) is 0. The average molecular weight is 367 g/mol. The summed E-state index contributed by atoms with van der Waals surface area (Å²) in [6.45, 7) is 5.05. The van der Waals surface area contributed by atoms with Crippen molar-refractivity contribution in [2.75, 3.05) is 0 Å². The van der Waals surface area contributed by atoms with Crippen LogP contribution in [0.1, 0.15) is 6.42 Å². The Hall–Kier alpha value is 0.619. The molecule has 0 saturated carbocycles. The summed E-state index contributed by atoms with van der Waals surface area (Å²) >= 11 is 0. The van der Waals surface area contributed by atoms with Crippen molar-refractivity contribution in [1.82, 2.24) is 0 Å². The van der Waals surface area contributed by atoms with Gasteiger partial charge in [0.1, 0.15) is 6.71 Å². The Bertz CT molecular complexity index is 269. The summed E-state index contributed by atoms with van der Waals surface area (Å²) < 4.78 is 0. The van der Waals surface area contributed by atoms with Gasteiger partial charge in [-0.3, -0.25) is 19.7 Å². The molecule has 0 radical (unpaired) electrons. The molecule has 1 aliphatic rings. The van der Waals surface area contributed by atoms with Gasteiger partial charge >= 0.3 is 21.7 Å². The van der Waals surface area contributed by atoms with Crippen LogP contribution in [0.25, 0.3) is 0 Å². The van der Waals surface area contributed by atoms with E-state index in [9.17, 15) is 0 Å². The molecule has 118 valence electrons. The Labute approximate surface area is 158 Å². The van der Waals surface area contributed by atoms with E-state index in [4.69, 9.17) is 0 Å². The van der Waals surface area contributed by atoms with E-state index in [-0.39, 0.29) is 76.2 Å². The van der Waals surface area contributed by atoms with E-state index < -0.39 is 0 Å². The molecular formula is C15H26BCl2PTi-6. The van der Waals surface area contributed by atoms with Crippen molar-refractivity contribution in [2.45, 2.75) is 20.1 Å². The van der Waals surface area contributed by atoms with Crippen LogP contribution in [0.3, 0.4) is 0 Å². The molecule has 1 aromatic heterocycles. The first-order chi connectivity index (χ1) is 6.30. The fraction of sp³-hybridized carbons (Fsp3) is 0.200. The zero-order valence-electron chi connectivity index (χ0n) is 13.4. The monoisotopic (exact) mass is 366 g/mol. The summed E-state index contributed by atoms with van der Waals surface area (Å²) in [5, 5.41) is 0. The second kappa shape index (κ2) is 27.9. The van der Waals surface area contributed by atoms with Crippen LogP contribution in [-0.2, 0) is 21.7 Å². The quantitative estimate of drug-likeness (QED) is 0.455. The third-order valence-corrected chi connectivity index (χ3v) is 2.48. The molecule has 1 aromatic rings. The van der Waals surface area contributed by atoms with Gasteiger partial charge in [0.25, 0.3) is 0 Å². The minimum Gasteiger partial charge on any atom is -1.00 e. The van der Waals surface area contributed by atoms with Gasteiger partial charge in [0, 0.05) is 0 Å². The zero-order valence-corrected chi connectivity index (χ0v) is 17.5. The fourth-order valence-electron chi connectivity index (χ4n) is 1.06. The van der Waals surface area contributed by atoms with E-state index in [0.717, 1.165) is 14.6 Å². The predicted molar refractivity (Wildman–Crippen MR) is 88.4 cm³/mol. The molecule has 0 nitrogen and oxygen atoms in total. The zero-order chi connectivity index (χ0) is 9.52. The first-order valence-electron chi connectivity index (χ1n) is 4.57. The summed E-state index contributed by atoms with van der Waals surface area (Å²) in [5.74, 6) is 5.11. The maximum atomic E-state index is 3.26. The molecule has 0 aliphatic heterocycles. The van der Waals surface area contributed by atoms with Gasteiger partial charge in [-0.25, -0.2) is 12.1 Å². The molecule has 0 fully saturated rings. The number of hydrogen-bond donors (Lipinski definition) is 0. The molecule has 1 aliphatic carbocycles. The van der Waals surface area contributed by atoms with Crippen LogP contribution in [-0.4, -0.2) is 6.71 Å². The van der Waals surface area contributed by atoms with Crippen molar-refractivity contribution in [1.29, 1.82) is 0 Å². The van der Waals surface area contributed by atoms with Crippen LogP contribution in [0.15, 0.2) is 35.6 Å². The first kappa shape index (κ1) is 42.8. The Morgan fingerprint density at radius 3 is 1.80 bits per heavy atom. The fourth-order valence-corrected chi connectivity index (χ4v) is 1.54. The van der Waals surface area contributed by atoms with E-state index in [1.165, 1.54) is 5.47 Å². The molecule has 20 heavy (non-hydrogen) atoms. The van der Waals surface area contributed by atoms with E-state index in [0.29, 0.717) is 6.71 Å². The summed E-state index contributed by atoms with van der Waals surface area (Å²) in [6.07, 6.45) is 8.59. The second-order valence-corrected chi connectivity index (χ2v) is 4.12. The van der Waals surface area contributed by atoms with Gasteiger partial charge in [-0.1, -0.05) is 13.6 Å². The third-order valence-electron chi connectivity index (χ3n) is 1.79. The summed E-state index contributed by atoms with van der Waals surface area (Å²) in [5.41, 5.74) is 1.37. The standard InChI is InChI=1S/C7H10B.C4H4P.4CH3.2ClH.Ti/c1-8(2)7-5-3-4-6-7;1-2-4-5-3-1;;;;;;;/h3,5H,4H2,1-2H3;1-3,5H;4*1H3;2*1H;/q6*-1;;;+2/p-2. The molecule has 0 saturated heterocycles. The normalized spacial score (nSPS) is 9.00. The van der Waals surface area contributed by atoms with Crippen LogP contribution in [0, 0.1) is 41.6 Å². The minimum atomic E-state index is 0. The number of allylic oxidation sites excluding steroid dienone is 4. The number of halogens is 2. The van der Waals surface area contributed by atoms with Crippen molar-refractivity contribution in [3.05, 3.63) is 77.1 Å². The number of hydrogen-bond acceptors (Lipinski definition) is 0. The van der Waals surface area contributed by atoms with Crippen LogP contribution in [0.4, 0.5) is 0 Å². The minimum absolute atomic E-state index is 0. The Balaban J connectivity index is -0.0000000260. The predicted octanol–water partition coefficient (Wildman–Crippen LogP) is -0.706. The topological polar surface area (TPSA) is 0 Å². The Morgan fingerprint density at radius 2 is 1.65 bits per heavy atom. The number of rotatable bonds is 1. The Kier molecular flexibility index (Phi) is 59.6. The molecule has 2 rings (SSSR count). The summed E-state index contributed by atoms with van der Waals surface area (Å²) in [7, 11) is 0.823. The van der Waals surface area contributed by atoms with E-state index >= 15 is 0 Å². The molecule has 0 N–H and O–H groups in total. The van der Waals surface area contributed by atoms with Gasteiger partial charge in [0.2, 0.25) is 0 Å². The smallest absolute Gasteiger partial charge is 1.00 e. The van der Waals surface area contributed by atoms with Gasteiger partial charge in [0.05, 0.1) is 0 Å². The van der Waals surface area contributed by atoms with E-state index in [2.05, 4.69) is 43.5 Å². The second-order valence-electron chi connectivity index (χ2n) is 3.21. The molecule has 5 heteroatoms. The first-order valence-corrected chi connectivity index (χ1v) is 5.65. The van der Waals surface area contributed by atoms with Crippen molar-refractivity contribution in [2.24, 2.45) is 0 Å². The largest absolute Gasteiger partial charge is 2.00 e. The van der Waals surface area contributed by atoms with Gasteiger partial charge in [-0.15, -0.1) is 6.42 Å². The van der Waals surface area contributed by atoms with Crippen LogP contribution in [0.5, 0.6) is 0 Å². The van der Waals surface area contributed by atoms with Gasteiger partial charge < -0.3 is 54.5 Å². The SMILES string of the molecule is CB(C)C1=[C-]CC=C1.[CH3-].[CH3-].[CH3-].[CH3-].[Cl-].[Cl-].[Ti+2].[c-]1ccc[pH]1. The average Bonchev–Trinajstić information content (AvgIpc) is 2.82. The van der Waals surface area contributed by atoms with Gasteiger partial charge in [-0.2, -0.15) is 23.7 Å². The van der Waals surface area contributed by atoms with Crippen molar-refractivity contribution >= 4 is 14.9 Å². The van der Waals surface area contributed by atoms with Crippen molar-refractivity contribution in [3.8, 4) is 0 Å². The maximum Gasteiger partial charge on any atom is 2.00 e. The molecule has 0 bridgehead atoms.